The van der Waals surface area contributed by atoms with Gasteiger partial charge in [-0.15, -0.1) is 6.58 Å². The molecule has 0 radical (unpaired) electrons. The standard InChI is InChI=1S/C17H23NO/c1-13(2)11-15-12-14(3)9-10-18(15)16-7-5-6-8-17(16)19-4/h5-9,15H,1,10-12H2,2-4H3/t15-/m0/s1. The average molecular weight is 257 g/mol. The van der Waals surface area contributed by atoms with Crippen LogP contribution in [0.15, 0.2) is 48.1 Å². The first-order chi connectivity index (χ1) is 9.11. The van der Waals surface area contributed by atoms with E-state index in [9.17, 15) is 0 Å². The van der Waals surface area contributed by atoms with Crippen LogP contribution >= 0.6 is 0 Å². The summed E-state index contributed by atoms with van der Waals surface area (Å²) in [5.74, 6) is 0.946. The van der Waals surface area contributed by atoms with Gasteiger partial charge >= 0.3 is 0 Å². The van der Waals surface area contributed by atoms with E-state index in [2.05, 4.69) is 43.5 Å². The lowest BCUT2D eigenvalue weighted by Gasteiger charge is -2.37. The number of anilines is 1. The van der Waals surface area contributed by atoms with E-state index in [1.54, 1.807) is 7.11 Å². The molecule has 0 N–H and O–H groups in total. The van der Waals surface area contributed by atoms with E-state index in [1.807, 2.05) is 12.1 Å². The minimum atomic E-state index is 0.485. The summed E-state index contributed by atoms with van der Waals surface area (Å²) >= 11 is 0. The molecule has 0 amide bonds. The number of nitrogens with zero attached hydrogens (tertiary/aromatic N) is 1. The number of methoxy groups -OCH3 is 1. The molecule has 2 rings (SSSR count). The third-order valence-electron chi connectivity index (χ3n) is 3.61. The van der Waals surface area contributed by atoms with Crippen molar-refractivity contribution in [2.45, 2.75) is 32.7 Å². The van der Waals surface area contributed by atoms with E-state index >= 15 is 0 Å². The quantitative estimate of drug-likeness (QED) is 0.750. The largest absolute Gasteiger partial charge is 0.495 e. The van der Waals surface area contributed by atoms with Crippen LogP contribution in [0.25, 0.3) is 0 Å². The zero-order valence-corrected chi connectivity index (χ0v) is 12.1. The summed E-state index contributed by atoms with van der Waals surface area (Å²) in [5.41, 5.74) is 3.89. The smallest absolute Gasteiger partial charge is 0.142 e. The molecule has 0 aromatic heterocycles. The molecule has 2 nitrogen and oxygen atoms in total. The fourth-order valence-electron chi connectivity index (χ4n) is 2.72. The Labute approximate surface area is 116 Å². The van der Waals surface area contributed by atoms with Crippen molar-refractivity contribution in [3.05, 3.63) is 48.1 Å². The minimum Gasteiger partial charge on any atom is -0.495 e. The molecule has 0 unspecified atom stereocenters. The molecule has 0 spiro atoms. The number of para-hydroxylation sites is 2. The third-order valence-corrected chi connectivity index (χ3v) is 3.61. The predicted octanol–water partition coefficient (Wildman–Crippen LogP) is 4.19. The highest BCUT2D eigenvalue weighted by Gasteiger charge is 2.24. The molecule has 0 aliphatic carbocycles. The second kappa shape index (κ2) is 5.96. The molecule has 1 atom stereocenters. The molecule has 0 fully saturated rings. The molecular weight excluding hydrogens is 234 g/mol. The first kappa shape index (κ1) is 13.7. The molecule has 2 heteroatoms. The summed E-state index contributed by atoms with van der Waals surface area (Å²) in [6, 6.07) is 8.73. The summed E-state index contributed by atoms with van der Waals surface area (Å²) in [6.45, 7) is 9.33. The normalized spacial score (nSPS) is 19.0. The molecule has 1 aromatic carbocycles. The van der Waals surface area contributed by atoms with E-state index < -0.39 is 0 Å². The maximum atomic E-state index is 5.49. The number of benzene rings is 1. The first-order valence-electron chi connectivity index (χ1n) is 6.81. The van der Waals surface area contributed by atoms with Crippen molar-refractivity contribution in [1.82, 2.24) is 0 Å². The van der Waals surface area contributed by atoms with Crippen LogP contribution in [0.1, 0.15) is 26.7 Å². The van der Waals surface area contributed by atoms with Crippen LogP contribution in [0.5, 0.6) is 5.75 Å². The summed E-state index contributed by atoms with van der Waals surface area (Å²) in [5, 5.41) is 0. The van der Waals surface area contributed by atoms with E-state index in [0.717, 1.165) is 25.1 Å². The molecule has 1 heterocycles. The van der Waals surface area contributed by atoms with Crippen LogP contribution in [0, 0.1) is 0 Å². The molecule has 0 bridgehead atoms. The lowest BCUT2D eigenvalue weighted by molar-refractivity contribution is 0.412. The van der Waals surface area contributed by atoms with Gasteiger partial charge in [0.2, 0.25) is 0 Å². The van der Waals surface area contributed by atoms with Crippen molar-refractivity contribution >= 4 is 5.69 Å². The number of hydrogen-bond acceptors (Lipinski definition) is 2. The van der Waals surface area contributed by atoms with Gasteiger partial charge < -0.3 is 9.64 Å². The van der Waals surface area contributed by atoms with E-state index in [1.165, 1.54) is 16.8 Å². The first-order valence-corrected chi connectivity index (χ1v) is 6.81. The van der Waals surface area contributed by atoms with Gasteiger partial charge in [0.15, 0.2) is 0 Å². The van der Waals surface area contributed by atoms with Crippen molar-refractivity contribution in [3.63, 3.8) is 0 Å². The SMILES string of the molecule is C=C(C)C[C@H]1CC(C)=CCN1c1ccccc1OC. The number of rotatable bonds is 4. The average Bonchev–Trinajstić information content (AvgIpc) is 2.38. The fourth-order valence-corrected chi connectivity index (χ4v) is 2.72. The predicted molar refractivity (Wildman–Crippen MR) is 81.9 cm³/mol. The Morgan fingerprint density at radius 1 is 1.42 bits per heavy atom. The van der Waals surface area contributed by atoms with Crippen molar-refractivity contribution in [2.75, 3.05) is 18.6 Å². The molecule has 19 heavy (non-hydrogen) atoms. The molecule has 102 valence electrons. The zero-order chi connectivity index (χ0) is 13.8. The molecule has 1 aliphatic heterocycles. The Kier molecular flexibility index (Phi) is 4.31. The van der Waals surface area contributed by atoms with Crippen molar-refractivity contribution in [3.8, 4) is 5.75 Å². The van der Waals surface area contributed by atoms with Gasteiger partial charge in [-0.1, -0.05) is 29.4 Å². The lowest BCUT2D eigenvalue weighted by atomic mass is 9.95. The van der Waals surface area contributed by atoms with Gasteiger partial charge in [-0.25, -0.2) is 0 Å². The maximum Gasteiger partial charge on any atom is 0.142 e. The molecule has 1 aliphatic rings. The highest BCUT2D eigenvalue weighted by molar-refractivity contribution is 5.60. The van der Waals surface area contributed by atoms with Crippen molar-refractivity contribution < 1.29 is 4.74 Å². The Morgan fingerprint density at radius 3 is 2.84 bits per heavy atom. The molecule has 1 aromatic rings. The summed E-state index contributed by atoms with van der Waals surface area (Å²) in [6.07, 6.45) is 4.44. The number of ether oxygens (including phenoxy) is 1. The number of hydrogen-bond donors (Lipinski definition) is 0. The molecular formula is C17H23NO. The second-order valence-corrected chi connectivity index (χ2v) is 5.39. The molecule has 0 saturated carbocycles. The monoisotopic (exact) mass is 257 g/mol. The second-order valence-electron chi connectivity index (χ2n) is 5.39. The van der Waals surface area contributed by atoms with E-state index in [0.29, 0.717) is 6.04 Å². The van der Waals surface area contributed by atoms with Crippen LogP contribution in [-0.2, 0) is 0 Å². The van der Waals surface area contributed by atoms with Gasteiger partial charge in [-0.3, -0.25) is 0 Å². The Balaban J connectivity index is 2.31. The maximum absolute atomic E-state index is 5.49. The van der Waals surface area contributed by atoms with Crippen LogP contribution in [0.3, 0.4) is 0 Å². The Morgan fingerprint density at radius 2 is 2.16 bits per heavy atom. The van der Waals surface area contributed by atoms with Gasteiger partial charge in [0, 0.05) is 12.6 Å². The minimum absolute atomic E-state index is 0.485. The zero-order valence-electron chi connectivity index (χ0n) is 12.1. The van der Waals surface area contributed by atoms with Crippen LogP contribution in [0.4, 0.5) is 5.69 Å². The van der Waals surface area contributed by atoms with Gasteiger partial charge in [0.1, 0.15) is 5.75 Å². The van der Waals surface area contributed by atoms with Gasteiger partial charge in [-0.2, -0.15) is 0 Å². The fraction of sp³-hybridized carbons (Fsp3) is 0.412. The van der Waals surface area contributed by atoms with E-state index in [4.69, 9.17) is 4.74 Å². The summed E-state index contributed by atoms with van der Waals surface area (Å²) in [7, 11) is 1.73. The topological polar surface area (TPSA) is 12.5 Å². The van der Waals surface area contributed by atoms with Crippen LogP contribution in [-0.4, -0.2) is 19.7 Å². The van der Waals surface area contributed by atoms with Crippen molar-refractivity contribution in [1.29, 1.82) is 0 Å². The van der Waals surface area contributed by atoms with Gasteiger partial charge in [0.25, 0.3) is 0 Å². The Hall–Kier alpha value is -1.70. The van der Waals surface area contributed by atoms with Gasteiger partial charge in [-0.05, 0) is 38.8 Å². The Bertz CT molecular complexity index is 490. The molecule has 0 saturated heterocycles. The summed E-state index contributed by atoms with van der Waals surface area (Å²) < 4.78 is 5.49. The highest BCUT2D eigenvalue weighted by Crippen LogP contribution is 2.34. The lowest BCUT2D eigenvalue weighted by Crippen LogP contribution is -2.39. The highest BCUT2D eigenvalue weighted by atomic mass is 16.5. The van der Waals surface area contributed by atoms with Crippen molar-refractivity contribution in [2.24, 2.45) is 0 Å². The van der Waals surface area contributed by atoms with Crippen LogP contribution in [0.2, 0.25) is 0 Å². The third kappa shape index (κ3) is 3.19. The summed E-state index contributed by atoms with van der Waals surface area (Å²) in [4.78, 5) is 2.43. The van der Waals surface area contributed by atoms with Crippen LogP contribution < -0.4 is 9.64 Å². The van der Waals surface area contributed by atoms with E-state index in [-0.39, 0.29) is 0 Å². The van der Waals surface area contributed by atoms with Gasteiger partial charge in [0.05, 0.1) is 12.8 Å².